The van der Waals surface area contributed by atoms with E-state index >= 15 is 0 Å². The molecule has 0 bridgehead atoms. The lowest BCUT2D eigenvalue weighted by atomic mass is 9.90. The first-order chi connectivity index (χ1) is 20.4. The quantitative estimate of drug-likeness (QED) is 0.324. The Hall–Kier alpha value is -4.14. The highest BCUT2D eigenvalue weighted by molar-refractivity contribution is 5.78. The maximum Gasteiger partial charge on any atom is 0.410 e. The van der Waals surface area contributed by atoms with E-state index in [0.29, 0.717) is 45.2 Å². The Kier molecular flexibility index (Phi) is 8.36. The predicted octanol–water partition coefficient (Wildman–Crippen LogP) is 6.02. The fraction of sp³-hybridized carbons (Fsp3) is 0.471. The number of carbonyl (C=O) groups excluding carboxylic acids is 2. The van der Waals surface area contributed by atoms with Crippen molar-refractivity contribution in [3.8, 4) is 17.0 Å². The van der Waals surface area contributed by atoms with Crippen molar-refractivity contribution in [2.75, 3.05) is 31.6 Å². The van der Waals surface area contributed by atoms with Gasteiger partial charge in [0.05, 0.1) is 18.2 Å². The number of aryl methyl sites for hydroxylation is 1. The van der Waals surface area contributed by atoms with E-state index < -0.39 is 11.0 Å². The van der Waals surface area contributed by atoms with E-state index in [0.717, 1.165) is 40.1 Å². The van der Waals surface area contributed by atoms with Crippen LogP contribution in [0.15, 0.2) is 42.6 Å². The van der Waals surface area contributed by atoms with Crippen LogP contribution < -0.4 is 9.64 Å². The lowest BCUT2D eigenvalue weighted by molar-refractivity contribution is -0.150. The van der Waals surface area contributed by atoms with Crippen LogP contribution in [0.1, 0.15) is 61.9 Å². The third-order valence-electron chi connectivity index (χ3n) is 8.32. The van der Waals surface area contributed by atoms with Crippen molar-refractivity contribution >= 4 is 18.0 Å². The van der Waals surface area contributed by atoms with Crippen LogP contribution in [-0.2, 0) is 33.8 Å². The van der Waals surface area contributed by atoms with Gasteiger partial charge in [-0.05, 0) is 94.8 Å². The number of anilines is 1. The Balaban J connectivity index is 1.32. The van der Waals surface area contributed by atoms with Crippen LogP contribution in [0.5, 0.6) is 5.75 Å². The van der Waals surface area contributed by atoms with Crippen molar-refractivity contribution in [1.29, 1.82) is 0 Å². The molecule has 9 nitrogen and oxygen atoms in total. The molecule has 3 aromatic rings. The highest BCUT2D eigenvalue weighted by atomic mass is 16.6. The monoisotopic (exact) mass is 586 g/mol. The van der Waals surface area contributed by atoms with Gasteiger partial charge in [0.2, 0.25) is 5.95 Å². The maximum atomic E-state index is 12.6. The Labute approximate surface area is 254 Å². The van der Waals surface area contributed by atoms with Gasteiger partial charge >= 0.3 is 12.1 Å². The zero-order valence-corrected chi connectivity index (χ0v) is 26.3. The number of benzene rings is 2. The van der Waals surface area contributed by atoms with E-state index in [1.165, 1.54) is 18.2 Å². The molecule has 3 heterocycles. The summed E-state index contributed by atoms with van der Waals surface area (Å²) in [5.41, 5.74) is 6.38. The van der Waals surface area contributed by atoms with Gasteiger partial charge in [-0.15, -0.1) is 0 Å². The summed E-state index contributed by atoms with van der Waals surface area (Å²) in [6.45, 7) is 14.5. The minimum Gasteiger partial charge on any atom is -0.488 e. The van der Waals surface area contributed by atoms with Crippen molar-refractivity contribution in [2.24, 2.45) is 5.41 Å². The van der Waals surface area contributed by atoms with Crippen LogP contribution in [0.25, 0.3) is 11.3 Å². The number of hydrogen-bond acceptors (Lipinski definition) is 8. The summed E-state index contributed by atoms with van der Waals surface area (Å²) in [5, 5.41) is 0. The van der Waals surface area contributed by atoms with Gasteiger partial charge in [-0.3, -0.25) is 4.79 Å². The fourth-order valence-electron chi connectivity index (χ4n) is 5.85. The molecule has 0 spiro atoms. The molecule has 0 radical (unpaired) electrons. The van der Waals surface area contributed by atoms with Crippen LogP contribution in [-0.4, -0.2) is 59.3 Å². The molecule has 2 aromatic carbocycles. The molecule has 1 fully saturated rings. The van der Waals surface area contributed by atoms with Gasteiger partial charge in [-0.25, -0.2) is 14.8 Å². The molecule has 1 saturated heterocycles. The second kappa shape index (κ2) is 11.9. The van der Waals surface area contributed by atoms with Crippen molar-refractivity contribution in [2.45, 2.75) is 73.1 Å². The maximum absolute atomic E-state index is 12.6. The minimum atomic E-state index is -0.577. The van der Waals surface area contributed by atoms with Crippen molar-refractivity contribution in [3.05, 3.63) is 70.4 Å². The number of ether oxygens (including phenoxy) is 3. The molecule has 0 N–H and O–H groups in total. The fourth-order valence-corrected chi connectivity index (χ4v) is 5.85. The Morgan fingerprint density at radius 3 is 2.60 bits per heavy atom. The first-order valence-electron chi connectivity index (χ1n) is 14.9. The Bertz CT molecular complexity index is 1530. The number of rotatable bonds is 6. The van der Waals surface area contributed by atoms with Crippen molar-refractivity contribution in [1.82, 2.24) is 14.9 Å². The topological polar surface area (TPSA) is 94.1 Å². The highest BCUT2D eigenvalue weighted by Gasteiger charge is 2.42. The minimum absolute atomic E-state index is 0.210. The molecule has 228 valence electrons. The number of aromatic nitrogens is 2. The molecule has 0 aliphatic carbocycles. The van der Waals surface area contributed by atoms with Gasteiger partial charge in [-0.1, -0.05) is 23.8 Å². The molecule has 2 aliphatic rings. The predicted molar refractivity (Wildman–Crippen MR) is 165 cm³/mol. The summed E-state index contributed by atoms with van der Waals surface area (Å²) in [4.78, 5) is 38.2. The molecule has 5 rings (SSSR count). The summed E-state index contributed by atoms with van der Waals surface area (Å²) in [7, 11) is 1.43. The van der Waals surface area contributed by atoms with Crippen LogP contribution in [0.4, 0.5) is 10.7 Å². The summed E-state index contributed by atoms with van der Waals surface area (Å²) in [6.07, 6.45) is 2.95. The average molecular weight is 587 g/mol. The smallest absolute Gasteiger partial charge is 0.410 e. The van der Waals surface area contributed by atoms with Gasteiger partial charge in [0, 0.05) is 37.9 Å². The molecule has 0 saturated carbocycles. The lowest BCUT2D eigenvalue weighted by Gasteiger charge is -2.32. The number of methoxy groups -OCH3 is 1. The lowest BCUT2D eigenvalue weighted by Crippen LogP contribution is -2.40. The zero-order chi connectivity index (χ0) is 30.9. The van der Waals surface area contributed by atoms with Gasteiger partial charge < -0.3 is 24.0 Å². The van der Waals surface area contributed by atoms with Crippen LogP contribution >= 0.6 is 0 Å². The Morgan fingerprint density at radius 1 is 1.07 bits per heavy atom. The van der Waals surface area contributed by atoms with Gasteiger partial charge in [0.15, 0.2) is 0 Å². The summed E-state index contributed by atoms with van der Waals surface area (Å²) in [6, 6.07) is 12.2. The molecular weight excluding hydrogens is 544 g/mol. The van der Waals surface area contributed by atoms with E-state index in [9.17, 15) is 9.59 Å². The third kappa shape index (κ3) is 6.60. The largest absolute Gasteiger partial charge is 0.488 e. The molecule has 1 atom stereocenters. The van der Waals surface area contributed by atoms with Crippen LogP contribution in [0, 0.1) is 19.3 Å². The first kappa shape index (κ1) is 30.3. The third-order valence-corrected chi connectivity index (χ3v) is 8.32. The number of fused-ring (bicyclic) bond motifs is 1. The van der Waals surface area contributed by atoms with Crippen LogP contribution in [0.2, 0.25) is 0 Å². The molecule has 2 aliphatic heterocycles. The number of esters is 1. The van der Waals surface area contributed by atoms with E-state index in [1.807, 2.05) is 57.7 Å². The van der Waals surface area contributed by atoms with E-state index in [-0.39, 0.29) is 12.1 Å². The van der Waals surface area contributed by atoms with Gasteiger partial charge in [0.25, 0.3) is 0 Å². The SMILES string of the molecule is COC(=O)[C@]1(C)CCN(c2nccc(-c3cc(C)ccc3OCc3ccc4c(c3C)CCN(C(=O)OC(C)(C)C)C4)n2)C1. The molecule has 0 unspecified atom stereocenters. The van der Waals surface area contributed by atoms with E-state index in [4.69, 9.17) is 19.2 Å². The summed E-state index contributed by atoms with van der Waals surface area (Å²) < 4.78 is 17.1. The van der Waals surface area contributed by atoms with E-state index in [2.05, 4.69) is 30.1 Å². The number of hydrogen-bond donors (Lipinski definition) is 0. The molecule has 43 heavy (non-hydrogen) atoms. The Morgan fingerprint density at radius 2 is 1.86 bits per heavy atom. The zero-order valence-electron chi connectivity index (χ0n) is 26.3. The van der Waals surface area contributed by atoms with E-state index in [1.54, 1.807) is 11.1 Å². The average Bonchev–Trinajstić information content (AvgIpc) is 3.39. The second-order valence-electron chi connectivity index (χ2n) is 12.9. The molecular formula is C34H42N4O5. The first-order valence-corrected chi connectivity index (χ1v) is 14.9. The molecule has 1 amide bonds. The van der Waals surface area contributed by atoms with Gasteiger partial charge in [-0.2, -0.15) is 0 Å². The second-order valence-corrected chi connectivity index (χ2v) is 12.9. The summed E-state index contributed by atoms with van der Waals surface area (Å²) in [5.74, 6) is 1.12. The number of amides is 1. The summed E-state index contributed by atoms with van der Waals surface area (Å²) >= 11 is 0. The number of carbonyl (C=O) groups is 2. The normalized spacial score (nSPS) is 18.3. The van der Waals surface area contributed by atoms with Crippen LogP contribution in [0.3, 0.4) is 0 Å². The molecule has 1 aromatic heterocycles. The highest BCUT2D eigenvalue weighted by Crippen LogP contribution is 2.36. The number of nitrogens with zero attached hydrogens (tertiary/aromatic N) is 4. The van der Waals surface area contributed by atoms with Gasteiger partial charge in [0.1, 0.15) is 18.0 Å². The molecule has 9 heteroatoms. The standard InChI is InChI=1S/C34H42N4O5/c1-22-8-11-29(27(18-22)28-12-15-35-31(36-28)38-17-14-34(6,21-38)30(39)41-7)42-20-25-10-9-24-19-37(16-13-26(24)23(25)2)32(40)43-33(3,4)5/h8-12,15,18H,13-14,16-17,19-21H2,1-7H3/t34-/m1/s1. The van der Waals surface area contributed by atoms with Crippen molar-refractivity contribution in [3.63, 3.8) is 0 Å². The van der Waals surface area contributed by atoms with Crippen molar-refractivity contribution < 1.29 is 23.8 Å².